The zero-order valence-electron chi connectivity index (χ0n) is 35.9. The van der Waals surface area contributed by atoms with Crippen molar-refractivity contribution in [1.29, 1.82) is 0 Å². The Morgan fingerprint density at radius 2 is 0.964 bits per heavy atom. The van der Waals surface area contributed by atoms with Crippen molar-refractivity contribution >= 4 is 52.0 Å². The van der Waals surface area contributed by atoms with Gasteiger partial charge in [0, 0.05) is 22.3 Å². The third-order valence-corrected chi connectivity index (χ3v) is 10.0. The molecule has 1 aromatic heterocycles. The molecule has 2 N–H and O–H groups in total. The molecular formula is C50H66MgN4+2. The van der Waals surface area contributed by atoms with Crippen molar-refractivity contribution in [2.24, 2.45) is 0 Å². The molecule has 0 aliphatic carbocycles. The van der Waals surface area contributed by atoms with Crippen LogP contribution in [0.25, 0.3) is 5.32 Å². The van der Waals surface area contributed by atoms with E-state index in [2.05, 4.69) is 183 Å². The van der Waals surface area contributed by atoms with E-state index < -0.39 is 0 Å². The van der Waals surface area contributed by atoms with Gasteiger partial charge < -0.3 is 10.3 Å². The monoisotopic (exact) mass is 747 g/mol. The molecule has 0 aliphatic rings. The Morgan fingerprint density at radius 1 is 0.527 bits per heavy atom. The van der Waals surface area contributed by atoms with E-state index in [1.54, 1.807) is 0 Å². The topological polar surface area (TPSA) is 56.1 Å². The van der Waals surface area contributed by atoms with E-state index in [4.69, 9.17) is 5.32 Å². The molecule has 5 aromatic rings. The first-order valence-electron chi connectivity index (χ1n) is 20.2. The molecule has 0 unspecified atom stereocenters. The minimum atomic E-state index is 0. The number of hydrogen-bond acceptors (Lipinski definition) is 0. The average molecular weight is 747 g/mol. The quantitative estimate of drug-likeness (QED) is 0.0863. The van der Waals surface area contributed by atoms with Gasteiger partial charge in [-0.2, -0.15) is 6.20 Å². The number of nitrogens with one attached hydrogen (secondary N) is 2. The van der Waals surface area contributed by atoms with E-state index in [1.807, 2.05) is 24.5 Å². The number of nitrogens with zero attached hydrogens (tertiary/aromatic N) is 2. The van der Waals surface area contributed by atoms with Crippen molar-refractivity contribution in [2.45, 2.75) is 125 Å². The van der Waals surface area contributed by atoms with Crippen molar-refractivity contribution in [3.05, 3.63) is 153 Å². The van der Waals surface area contributed by atoms with Gasteiger partial charge in [0.15, 0.2) is 6.21 Å². The maximum Gasteiger partial charge on any atom is 2.00 e. The fourth-order valence-electron chi connectivity index (χ4n) is 6.99. The van der Waals surface area contributed by atoms with Crippen LogP contribution in [0.4, 0.5) is 17.1 Å². The molecule has 0 amide bonds. The summed E-state index contributed by atoms with van der Waals surface area (Å²) in [5, 5.41) is 5.29. The van der Waals surface area contributed by atoms with Crippen molar-refractivity contribution in [3.63, 3.8) is 0 Å². The maximum atomic E-state index is 5.29. The first-order chi connectivity index (χ1) is 25.8. The second-order valence-corrected chi connectivity index (χ2v) is 16.4. The average Bonchev–Trinajstić information content (AvgIpc) is 3.67. The van der Waals surface area contributed by atoms with Crippen LogP contribution < -0.4 is 15.0 Å². The van der Waals surface area contributed by atoms with Crippen molar-refractivity contribution in [3.8, 4) is 0 Å². The standard InChI is InChI=1S/C33H43N2.C17H21N2.Mg/c1-22(2)28-16-12-17-29(23(3)4)32(28)34-21-27(20-26-14-10-9-11-15-26)35-33-30(24(5)6)18-13-19-31(33)25(7)8;1-12(2)15-8-5-9-16(13(3)4)17(15)19-11-14-7-6-10-18-14;/h9-19,22-25H,20-21H2,1-8H3;5-13H,1-4H3;/q2*-1;+2/p+2. The third kappa shape index (κ3) is 12.8. The predicted molar refractivity (Wildman–Crippen MR) is 239 cm³/mol. The summed E-state index contributed by atoms with van der Waals surface area (Å²) < 4.78 is 0. The summed E-state index contributed by atoms with van der Waals surface area (Å²) in [4.78, 5) is 11.6. The summed E-state index contributed by atoms with van der Waals surface area (Å²) in [5.41, 5.74) is 15.3. The normalized spacial score (nSPS) is 11.9. The van der Waals surface area contributed by atoms with E-state index in [0.29, 0.717) is 42.1 Å². The van der Waals surface area contributed by atoms with Gasteiger partial charge in [0.1, 0.15) is 5.71 Å². The molecule has 5 rings (SSSR count). The Balaban J connectivity index is 0.000000343. The van der Waals surface area contributed by atoms with E-state index in [1.165, 1.54) is 61.7 Å². The molecule has 0 spiro atoms. The van der Waals surface area contributed by atoms with Gasteiger partial charge in [0.05, 0.1) is 6.42 Å². The zero-order chi connectivity index (χ0) is 39.4. The fraction of sp³-hybridized carbons (Fsp3) is 0.400. The van der Waals surface area contributed by atoms with Crippen LogP contribution in [0.2, 0.25) is 0 Å². The van der Waals surface area contributed by atoms with Gasteiger partial charge in [-0.05, 0) is 47.6 Å². The number of para-hydroxylation sites is 3. The molecule has 0 radical (unpaired) electrons. The Kier molecular flexibility index (Phi) is 18.2. The molecule has 286 valence electrons. The summed E-state index contributed by atoms with van der Waals surface area (Å²) in [6.07, 6.45) is 4.65. The largest absolute Gasteiger partial charge is 2.00 e. The number of aromatic nitrogens is 1. The first-order valence-corrected chi connectivity index (χ1v) is 20.2. The van der Waals surface area contributed by atoms with E-state index in [9.17, 15) is 0 Å². The molecule has 0 fully saturated rings. The summed E-state index contributed by atoms with van der Waals surface area (Å²) in [6, 6.07) is 34.6. The van der Waals surface area contributed by atoms with Crippen LogP contribution in [0.15, 0.2) is 103 Å². The van der Waals surface area contributed by atoms with Crippen LogP contribution in [0, 0.1) is 0 Å². The second kappa shape index (κ2) is 22.0. The number of hydrogen-bond donors (Lipinski definition) is 2. The predicted octanol–water partition coefficient (Wildman–Crippen LogP) is 10.6. The third-order valence-electron chi connectivity index (χ3n) is 10.0. The summed E-state index contributed by atoms with van der Waals surface area (Å²) in [5.74, 6) is 2.77. The Morgan fingerprint density at radius 3 is 1.38 bits per heavy atom. The Labute approximate surface area is 350 Å². The molecule has 5 heteroatoms. The maximum absolute atomic E-state index is 5.29. The molecule has 4 aromatic carbocycles. The van der Waals surface area contributed by atoms with Crippen molar-refractivity contribution in [1.82, 2.24) is 4.98 Å². The van der Waals surface area contributed by atoms with Crippen LogP contribution in [-0.2, 0) is 6.42 Å². The molecule has 55 heavy (non-hydrogen) atoms. The molecule has 4 nitrogen and oxygen atoms in total. The first kappa shape index (κ1) is 45.5. The van der Waals surface area contributed by atoms with Crippen LogP contribution in [0.3, 0.4) is 0 Å². The Hall–Kier alpha value is -3.93. The van der Waals surface area contributed by atoms with E-state index in [-0.39, 0.29) is 23.1 Å². The Bertz CT molecular complexity index is 1870. The molecular weight excluding hydrogens is 681 g/mol. The van der Waals surface area contributed by atoms with Gasteiger partial charge in [-0.1, -0.05) is 197 Å². The SMILES string of the molecule is CC(C)c1cccc(C(C)C)c1[N-]CC(Cc1ccccc1)=[NH+]c1c(C(C)C)cccc1C(C)C.CC(C)c1cccc(C(C)C)c1[NH+]=Cc1ccc[n-]1.[Mg+2]. The van der Waals surface area contributed by atoms with E-state index in [0.717, 1.165) is 12.1 Å². The van der Waals surface area contributed by atoms with E-state index >= 15 is 0 Å². The number of rotatable bonds is 14. The van der Waals surface area contributed by atoms with Crippen molar-refractivity contribution in [2.75, 3.05) is 6.54 Å². The van der Waals surface area contributed by atoms with Gasteiger partial charge in [-0.15, -0.1) is 5.69 Å². The molecule has 0 saturated heterocycles. The fourth-order valence-corrected chi connectivity index (χ4v) is 6.99. The van der Waals surface area contributed by atoms with Gasteiger partial charge in [-0.25, -0.2) is 9.98 Å². The van der Waals surface area contributed by atoms with Gasteiger partial charge in [0.2, 0.25) is 11.4 Å². The molecule has 0 atom stereocenters. The van der Waals surface area contributed by atoms with Crippen LogP contribution in [-0.4, -0.2) is 41.5 Å². The molecule has 0 bridgehead atoms. The van der Waals surface area contributed by atoms with Crippen molar-refractivity contribution < 1.29 is 9.98 Å². The smallest absolute Gasteiger partial charge is 0.676 e. The summed E-state index contributed by atoms with van der Waals surface area (Å²) in [7, 11) is 0. The van der Waals surface area contributed by atoms with Crippen LogP contribution in [0.5, 0.6) is 0 Å². The minimum Gasteiger partial charge on any atom is -0.676 e. The van der Waals surface area contributed by atoms with Gasteiger partial charge in [0.25, 0.3) is 0 Å². The van der Waals surface area contributed by atoms with Crippen LogP contribution >= 0.6 is 0 Å². The second-order valence-electron chi connectivity index (χ2n) is 16.4. The summed E-state index contributed by atoms with van der Waals surface area (Å²) >= 11 is 0. The molecule has 1 heterocycles. The molecule has 0 aliphatic heterocycles. The summed E-state index contributed by atoms with van der Waals surface area (Å²) in [6.45, 7) is 27.7. The van der Waals surface area contributed by atoms with Gasteiger partial charge >= 0.3 is 23.1 Å². The number of benzene rings is 4. The van der Waals surface area contributed by atoms with Gasteiger partial charge in [-0.3, -0.25) is 0 Å². The minimum absolute atomic E-state index is 0. The zero-order valence-corrected chi connectivity index (χ0v) is 37.3. The molecule has 0 saturated carbocycles. The van der Waals surface area contributed by atoms with Crippen LogP contribution in [0.1, 0.15) is 163 Å².